The molecule has 2 amide bonds. The van der Waals surface area contributed by atoms with E-state index >= 15 is 0 Å². The van der Waals surface area contributed by atoms with Crippen LogP contribution in [0.2, 0.25) is 0 Å². The van der Waals surface area contributed by atoms with Crippen LogP contribution in [0, 0.1) is 11.7 Å². The van der Waals surface area contributed by atoms with Crippen LogP contribution < -0.4 is 14.8 Å². The summed E-state index contributed by atoms with van der Waals surface area (Å²) >= 11 is 0. The number of sulfonamides is 1. The van der Waals surface area contributed by atoms with E-state index in [2.05, 4.69) is 20.0 Å². The van der Waals surface area contributed by atoms with E-state index in [1.54, 1.807) is 12.1 Å². The number of ether oxygens (including phenoxy) is 1. The summed E-state index contributed by atoms with van der Waals surface area (Å²) in [5.74, 6) is -1.69. The van der Waals surface area contributed by atoms with E-state index in [0.717, 1.165) is 0 Å². The average Bonchev–Trinajstić information content (AvgIpc) is 2.78. The van der Waals surface area contributed by atoms with Crippen molar-refractivity contribution in [3.8, 4) is 5.75 Å². The highest BCUT2D eigenvalue weighted by Crippen LogP contribution is 2.21. The van der Waals surface area contributed by atoms with Gasteiger partial charge >= 0.3 is 0 Å². The first-order chi connectivity index (χ1) is 16.3. The van der Waals surface area contributed by atoms with E-state index < -0.39 is 21.8 Å². The summed E-state index contributed by atoms with van der Waals surface area (Å²) in [7, 11) is -3.88. The molecule has 2 aromatic carbocycles. The first-order valence-corrected chi connectivity index (χ1v) is 11.7. The summed E-state index contributed by atoms with van der Waals surface area (Å²) in [5, 5.41) is 2.70. The van der Waals surface area contributed by atoms with Gasteiger partial charge < -0.3 is 15.0 Å². The molecule has 0 aliphatic carbocycles. The SMILES string of the molecule is O=C(Nc1ccc(S(=O)(=O)Nc2ncccn2)cc1)C1CN(C(=O)COc2ccccc2F)C1. The van der Waals surface area contributed by atoms with Crippen molar-refractivity contribution < 1.29 is 27.1 Å². The Morgan fingerprint density at radius 2 is 1.71 bits per heavy atom. The molecule has 12 heteroatoms. The summed E-state index contributed by atoms with van der Waals surface area (Å²) < 4.78 is 45.8. The van der Waals surface area contributed by atoms with E-state index in [9.17, 15) is 22.4 Å². The lowest BCUT2D eigenvalue weighted by atomic mass is 9.99. The van der Waals surface area contributed by atoms with Crippen LogP contribution in [0.15, 0.2) is 71.9 Å². The Hall–Kier alpha value is -4.06. The molecule has 1 fully saturated rings. The molecule has 0 unspecified atom stereocenters. The maximum Gasteiger partial charge on any atom is 0.264 e. The predicted octanol–water partition coefficient (Wildman–Crippen LogP) is 1.89. The molecule has 4 rings (SSSR count). The fraction of sp³-hybridized carbons (Fsp3) is 0.182. The highest BCUT2D eigenvalue weighted by atomic mass is 32.2. The number of amides is 2. The maximum absolute atomic E-state index is 13.6. The van der Waals surface area contributed by atoms with Crippen molar-refractivity contribution >= 4 is 33.5 Å². The van der Waals surface area contributed by atoms with Gasteiger partial charge in [-0.15, -0.1) is 0 Å². The van der Waals surface area contributed by atoms with Crippen LogP contribution >= 0.6 is 0 Å². The van der Waals surface area contributed by atoms with Crippen molar-refractivity contribution in [3.63, 3.8) is 0 Å². The number of aromatic nitrogens is 2. The molecule has 0 radical (unpaired) electrons. The van der Waals surface area contributed by atoms with Crippen molar-refractivity contribution in [1.29, 1.82) is 0 Å². The number of hydrogen-bond donors (Lipinski definition) is 2. The van der Waals surface area contributed by atoms with Crippen molar-refractivity contribution in [3.05, 3.63) is 72.8 Å². The molecular formula is C22H20FN5O5S. The molecule has 10 nitrogen and oxygen atoms in total. The highest BCUT2D eigenvalue weighted by Gasteiger charge is 2.35. The molecule has 3 aromatic rings. The van der Waals surface area contributed by atoms with Gasteiger partial charge in [0.05, 0.1) is 10.8 Å². The van der Waals surface area contributed by atoms with Crippen LogP contribution in [0.25, 0.3) is 0 Å². The second-order valence-electron chi connectivity index (χ2n) is 7.41. The molecule has 0 atom stereocenters. The van der Waals surface area contributed by atoms with Crippen LogP contribution in [0.1, 0.15) is 0 Å². The zero-order valence-electron chi connectivity index (χ0n) is 17.7. The number of likely N-dealkylation sites (tertiary alicyclic amines) is 1. The van der Waals surface area contributed by atoms with Crippen molar-refractivity contribution in [2.45, 2.75) is 4.90 Å². The summed E-state index contributed by atoms with van der Waals surface area (Å²) in [5.41, 5.74) is 0.410. The van der Waals surface area contributed by atoms with Gasteiger partial charge in [0, 0.05) is 31.2 Å². The molecular weight excluding hydrogens is 465 g/mol. The van der Waals surface area contributed by atoms with Crippen molar-refractivity contribution in [2.75, 3.05) is 29.7 Å². The molecule has 34 heavy (non-hydrogen) atoms. The number of halogens is 1. The summed E-state index contributed by atoms with van der Waals surface area (Å²) in [6, 6.07) is 13.0. The second kappa shape index (κ2) is 9.83. The van der Waals surface area contributed by atoms with E-state index in [4.69, 9.17) is 4.74 Å². The third kappa shape index (κ3) is 5.46. The molecule has 0 spiro atoms. The molecule has 1 aliphatic rings. The number of hydrogen-bond acceptors (Lipinski definition) is 7. The number of benzene rings is 2. The number of carbonyl (C=O) groups is 2. The monoisotopic (exact) mass is 485 g/mol. The molecule has 176 valence electrons. The normalized spacial score (nSPS) is 13.6. The first kappa shape index (κ1) is 23.1. The van der Waals surface area contributed by atoms with Crippen LogP contribution in [0.4, 0.5) is 16.0 Å². The Morgan fingerprint density at radius 3 is 2.38 bits per heavy atom. The fourth-order valence-electron chi connectivity index (χ4n) is 3.13. The van der Waals surface area contributed by atoms with Gasteiger partial charge in [0.2, 0.25) is 11.9 Å². The molecule has 1 saturated heterocycles. The number of nitrogens with one attached hydrogen (secondary N) is 2. The summed E-state index contributed by atoms with van der Waals surface area (Å²) in [4.78, 5) is 33.7. The lowest BCUT2D eigenvalue weighted by Gasteiger charge is -2.38. The van der Waals surface area contributed by atoms with E-state index in [0.29, 0.717) is 5.69 Å². The van der Waals surface area contributed by atoms with Gasteiger partial charge in [-0.2, -0.15) is 0 Å². The highest BCUT2D eigenvalue weighted by molar-refractivity contribution is 7.92. The number of anilines is 2. The average molecular weight is 485 g/mol. The molecule has 0 bridgehead atoms. The Kier molecular flexibility index (Phi) is 6.68. The van der Waals surface area contributed by atoms with Crippen molar-refractivity contribution in [1.82, 2.24) is 14.9 Å². The summed E-state index contributed by atoms with van der Waals surface area (Å²) in [6.45, 7) is 0.0881. The van der Waals surface area contributed by atoms with Gasteiger partial charge in [-0.05, 0) is 42.5 Å². The lowest BCUT2D eigenvalue weighted by molar-refractivity contribution is -0.143. The minimum atomic E-state index is -3.88. The molecule has 2 N–H and O–H groups in total. The molecule has 1 aromatic heterocycles. The van der Waals surface area contributed by atoms with Crippen LogP contribution in [0.3, 0.4) is 0 Å². The van der Waals surface area contributed by atoms with Crippen LogP contribution in [0.5, 0.6) is 5.75 Å². The third-order valence-electron chi connectivity index (χ3n) is 5.02. The smallest absolute Gasteiger partial charge is 0.264 e. The van der Waals surface area contributed by atoms with Gasteiger partial charge in [-0.25, -0.2) is 27.5 Å². The zero-order valence-corrected chi connectivity index (χ0v) is 18.5. The summed E-state index contributed by atoms with van der Waals surface area (Å²) in [6.07, 6.45) is 2.82. The topological polar surface area (TPSA) is 131 Å². The van der Waals surface area contributed by atoms with Gasteiger partial charge in [0.1, 0.15) is 0 Å². The van der Waals surface area contributed by atoms with Crippen LogP contribution in [-0.4, -0.2) is 54.8 Å². The number of rotatable bonds is 8. The minimum Gasteiger partial charge on any atom is -0.481 e. The van der Waals surface area contributed by atoms with Gasteiger partial charge in [0.15, 0.2) is 18.2 Å². The van der Waals surface area contributed by atoms with E-state index in [-0.39, 0.29) is 48.1 Å². The van der Waals surface area contributed by atoms with Gasteiger partial charge in [-0.1, -0.05) is 12.1 Å². The van der Waals surface area contributed by atoms with Gasteiger partial charge in [0.25, 0.3) is 15.9 Å². The zero-order chi connectivity index (χ0) is 24.1. The second-order valence-corrected chi connectivity index (χ2v) is 9.09. The first-order valence-electron chi connectivity index (χ1n) is 10.2. The van der Waals surface area contributed by atoms with Crippen LogP contribution in [-0.2, 0) is 19.6 Å². The number of para-hydroxylation sites is 1. The quantitative estimate of drug-likeness (QED) is 0.498. The fourth-order valence-corrected chi connectivity index (χ4v) is 4.09. The Balaban J connectivity index is 1.25. The number of nitrogens with zero attached hydrogens (tertiary/aromatic N) is 3. The van der Waals surface area contributed by atoms with Crippen molar-refractivity contribution in [2.24, 2.45) is 5.92 Å². The third-order valence-corrected chi connectivity index (χ3v) is 6.36. The lowest BCUT2D eigenvalue weighted by Crippen LogP contribution is -2.55. The van der Waals surface area contributed by atoms with E-state index in [1.165, 1.54) is 59.8 Å². The van der Waals surface area contributed by atoms with E-state index in [1.807, 2.05) is 0 Å². The molecule has 1 aliphatic heterocycles. The Labute approximate surface area is 194 Å². The maximum atomic E-state index is 13.6. The molecule has 2 heterocycles. The number of carbonyl (C=O) groups excluding carboxylic acids is 2. The van der Waals surface area contributed by atoms with Gasteiger partial charge in [-0.3, -0.25) is 9.59 Å². The minimum absolute atomic E-state index is 0.0115. The molecule has 0 saturated carbocycles. The Bertz CT molecular complexity index is 1280. The Morgan fingerprint density at radius 1 is 1.03 bits per heavy atom. The largest absolute Gasteiger partial charge is 0.481 e. The predicted molar refractivity (Wildman–Crippen MR) is 120 cm³/mol. The standard InChI is InChI=1S/C22H20FN5O5S/c23-18-4-1-2-5-19(18)33-14-20(29)28-12-15(13-28)21(30)26-16-6-8-17(9-7-16)34(31,32)27-22-24-10-3-11-25-22/h1-11,15H,12-14H2,(H,26,30)(H,24,25,27).